The van der Waals surface area contributed by atoms with Crippen LogP contribution >= 0.6 is 12.4 Å². The summed E-state index contributed by atoms with van der Waals surface area (Å²) in [5.41, 5.74) is 4.04. The number of nitrogens with one attached hydrogen (secondary N) is 1. The fourth-order valence-electron chi connectivity index (χ4n) is 3.86. The van der Waals surface area contributed by atoms with E-state index in [1.807, 2.05) is 44.1 Å². The Morgan fingerprint density at radius 2 is 1.90 bits per heavy atom. The van der Waals surface area contributed by atoms with Crippen molar-refractivity contribution in [3.05, 3.63) is 64.7 Å². The summed E-state index contributed by atoms with van der Waals surface area (Å²) in [4.78, 5) is 14.6. The SMILES string of the molecule is Cc1ccc(C(CNC(=O)c2cc(-c3ccc4c(c3)CCCC4)on2)N(C)C)o1.Cl. The Kier molecular flexibility index (Phi) is 7.00. The summed E-state index contributed by atoms with van der Waals surface area (Å²) in [6.07, 6.45) is 4.72. The van der Waals surface area contributed by atoms with Gasteiger partial charge in [-0.3, -0.25) is 9.69 Å². The summed E-state index contributed by atoms with van der Waals surface area (Å²) in [5.74, 6) is 2.04. The standard InChI is InChI=1S/C23H27N3O3.ClH/c1-15-8-11-21(28-15)20(26(2)3)14-24-23(27)19-13-22(29-25-19)18-10-9-16-6-4-5-7-17(16)12-18;/h8-13,20H,4-7,14H2,1-3H3,(H,24,27);1H. The first-order chi connectivity index (χ1) is 14.0. The molecule has 3 aromatic rings. The van der Waals surface area contributed by atoms with Crippen molar-refractivity contribution in [2.24, 2.45) is 0 Å². The maximum atomic E-state index is 12.6. The lowest BCUT2D eigenvalue weighted by molar-refractivity contribution is 0.0930. The van der Waals surface area contributed by atoms with Crippen molar-refractivity contribution in [2.75, 3.05) is 20.6 Å². The van der Waals surface area contributed by atoms with Crippen LogP contribution in [0, 0.1) is 6.92 Å². The van der Waals surface area contributed by atoms with E-state index in [0.717, 1.165) is 29.9 Å². The van der Waals surface area contributed by atoms with Crippen molar-refractivity contribution in [3.8, 4) is 11.3 Å². The van der Waals surface area contributed by atoms with Crippen LogP contribution < -0.4 is 5.32 Å². The van der Waals surface area contributed by atoms with Crippen molar-refractivity contribution in [2.45, 2.75) is 38.6 Å². The highest BCUT2D eigenvalue weighted by Gasteiger charge is 2.21. The summed E-state index contributed by atoms with van der Waals surface area (Å²) < 4.78 is 11.2. The number of hydrogen-bond donors (Lipinski definition) is 1. The third-order valence-electron chi connectivity index (χ3n) is 5.54. The lowest BCUT2D eigenvalue weighted by atomic mass is 9.90. The molecule has 6 nitrogen and oxygen atoms in total. The summed E-state index contributed by atoms with van der Waals surface area (Å²) in [6.45, 7) is 2.33. The molecule has 1 aromatic carbocycles. The molecule has 1 atom stereocenters. The number of likely N-dealkylation sites (N-methyl/N-ethyl adjacent to an activating group) is 1. The summed E-state index contributed by atoms with van der Waals surface area (Å²) >= 11 is 0. The second-order valence-corrected chi connectivity index (χ2v) is 7.90. The fraction of sp³-hybridized carbons (Fsp3) is 0.391. The number of hydrogen-bond acceptors (Lipinski definition) is 5. The van der Waals surface area contributed by atoms with Crippen LogP contribution in [0.25, 0.3) is 11.3 Å². The Hall–Kier alpha value is -2.57. The summed E-state index contributed by atoms with van der Waals surface area (Å²) in [7, 11) is 3.91. The molecule has 0 radical (unpaired) electrons. The van der Waals surface area contributed by atoms with Gasteiger partial charge in [0.1, 0.15) is 11.5 Å². The average molecular weight is 430 g/mol. The molecule has 1 unspecified atom stereocenters. The van der Waals surface area contributed by atoms with E-state index in [1.54, 1.807) is 6.07 Å². The fourth-order valence-corrected chi connectivity index (χ4v) is 3.86. The molecule has 0 aliphatic heterocycles. The van der Waals surface area contributed by atoms with Crippen LogP contribution in [0.3, 0.4) is 0 Å². The average Bonchev–Trinajstić information content (AvgIpc) is 3.37. The van der Waals surface area contributed by atoms with Crippen molar-refractivity contribution in [1.82, 2.24) is 15.4 Å². The third kappa shape index (κ3) is 4.77. The highest BCUT2D eigenvalue weighted by atomic mass is 35.5. The van der Waals surface area contributed by atoms with E-state index in [-0.39, 0.29) is 30.0 Å². The van der Waals surface area contributed by atoms with Gasteiger partial charge in [-0.1, -0.05) is 17.3 Å². The second kappa shape index (κ2) is 9.49. The molecule has 0 bridgehead atoms. The van der Waals surface area contributed by atoms with Gasteiger partial charge in [0, 0.05) is 18.2 Å². The van der Waals surface area contributed by atoms with E-state index in [2.05, 4.69) is 22.6 Å². The number of nitrogens with zero attached hydrogens (tertiary/aromatic N) is 2. The number of furan rings is 1. The molecule has 1 aliphatic carbocycles. The van der Waals surface area contributed by atoms with Gasteiger partial charge in [0.25, 0.3) is 5.91 Å². The molecular formula is C23H28ClN3O3. The van der Waals surface area contributed by atoms with E-state index in [1.165, 1.54) is 24.0 Å². The minimum atomic E-state index is -0.256. The second-order valence-electron chi connectivity index (χ2n) is 7.90. The van der Waals surface area contributed by atoms with Gasteiger partial charge in [-0.05, 0) is 76.0 Å². The number of aromatic nitrogens is 1. The highest BCUT2D eigenvalue weighted by molar-refractivity contribution is 5.93. The van der Waals surface area contributed by atoms with Gasteiger partial charge in [-0.25, -0.2) is 0 Å². The number of carbonyl (C=O) groups is 1. The number of rotatable bonds is 6. The van der Waals surface area contributed by atoms with Crippen molar-refractivity contribution >= 4 is 18.3 Å². The van der Waals surface area contributed by atoms with Crippen LogP contribution in [-0.4, -0.2) is 36.6 Å². The Morgan fingerprint density at radius 1 is 1.13 bits per heavy atom. The molecule has 0 saturated heterocycles. The number of fused-ring (bicyclic) bond motifs is 1. The van der Waals surface area contributed by atoms with Crippen LogP contribution in [-0.2, 0) is 12.8 Å². The predicted octanol–water partition coefficient (Wildman–Crippen LogP) is 4.58. The minimum absolute atomic E-state index is 0. The van der Waals surface area contributed by atoms with Gasteiger partial charge in [0.2, 0.25) is 0 Å². The number of amides is 1. The Labute approximate surface area is 183 Å². The lowest BCUT2D eigenvalue weighted by Crippen LogP contribution is -2.34. The largest absolute Gasteiger partial charge is 0.465 e. The molecule has 30 heavy (non-hydrogen) atoms. The third-order valence-corrected chi connectivity index (χ3v) is 5.54. The van der Waals surface area contributed by atoms with Gasteiger partial charge < -0.3 is 14.3 Å². The smallest absolute Gasteiger partial charge is 0.273 e. The monoisotopic (exact) mass is 429 g/mol. The molecule has 0 spiro atoms. The van der Waals surface area contributed by atoms with E-state index < -0.39 is 0 Å². The van der Waals surface area contributed by atoms with Crippen LogP contribution in [0.2, 0.25) is 0 Å². The summed E-state index contributed by atoms with van der Waals surface area (Å²) in [5, 5.41) is 6.92. The Morgan fingerprint density at radius 3 is 2.60 bits per heavy atom. The first-order valence-electron chi connectivity index (χ1n) is 10.1. The normalized spacial score (nSPS) is 14.1. The van der Waals surface area contributed by atoms with Crippen LogP contribution in [0.4, 0.5) is 0 Å². The highest BCUT2D eigenvalue weighted by Crippen LogP contribution is 2.28. The van der Waals surface area contributed by atoms with E-state index in [0.29, 0.717) is 12.3 Å². The molecule has 0 fully saturated rings. The van der Waals surface area contributed by atoms with Gasteiger partial charge in [0.15, 0.2) is 11.5 Å². The van der Waals surface area contributed by atoms with Crippen LogP contribution in [0.1, 0.15) is 52.0 Å². The molecule has 0 saturated carbocycles. The zero-order valence-corrected chi connectivity index (χ0v) is 18.4. The van der Waals surface area contributed by atoms with Crippen LogP contribution in [0.15, 0.2) is 45.3 Å². The van der Waals surface area contributed by atoms with Crippen molar-refractivity contribution in [1.29, 1.82) is 0 Å². The molecule has 4 rings (SSSR count). The zero-order chi connectivity index (χ0) is 20.4. The number of aryl methyl sites for hydroxylation is 3. The lowest BCUT2D eigenvalue weighted by Gasteiger charge is -2.22. The minimum Gasteiger partial charge on any atom is -0.465 e. The van der Waals surface area contributed by atoms with E-state index in [4.69, 9.17) is 8.94 Å². The molecule has 2 aromatic heterocycles. The zero-order valence-electron chi connectivity index (χ0n) is 17.6. The summed E-state index contributed by atoms with van der Waals surface area (Å²) in [6, 6.07) is 11.9. The van der Waals surface area contributed by atoms with Gasteiger partial charge in [-0.2, -0.15) is 0 Å². The van der Waals surface area contributed by atoms with E-state index >= 15 is 0 Å². The van der Waals surface area contributed by atoms with Gasteiger partial charge in [0.05, 0.1) is 6.04 Å². The molecule has 160 valence electrons. The Balaban J connectivity index is 0.00000256. The molecule has 1 aliphatic rings. The maximum absolute atomic E-state index is 12.6. The number of halogens is 1. The quantitative estimate of drug-likeness (QED) is 0.621. The maximum Gasteiger partial charge on any atom is 0.273 e. The number of carbonyl (C=O) groups excluding carboxylic acids is 1. The topological polar surface area (TPSA) is 71.5 Å². The van der Waals surface area contributed by atoms with E-state index in [9.17, 15) is 4.79 Å². The molecular weight excluding hydrogens is 402 g/mol. The first kappa shape index (κ1) is 22.1. The Bertz CT molecular complexity index is 1010. The predicted molar refractivity (Wildman–Crippen MR) is 118 cm³/mol. The molecule has 1 N–H and O–H groups in total. The van der Waals surface area contributed by atoms with Gasteiger partial charge in [-0.15, -0.1) is 12.4 Å². The van der Waals surface area contributed by atoms with Gasteiger partial charge >= 0.3 is 0 Å². The van der Waals surface area contributed by atoms with Crippen molar-refractivity contribution < 1.29 is 13.7 Å². The molecule has 7 heteroatoms. The first-order valence-corrected chi connectivity index (χ1v) is 10.1. The molecule has 2 heterocycles. The number of benzene rings is 1. The van der Waals surface area contributed by atoms with Crippen LogP contribution in [0.5, 0.6) is 0 Å². The van der Waals surface area contributed by atoms with Crippen molar-refractivity contribution in [3.63, 3.8) is 0 Å². The molecule has 1 amide bonds.